The van der Waals surface area contributed by atoms with Gasteiger partial charge in [0.25, 0.3) is 5.91 Å². The maximum absolute atomic E-state index is 11.6. The number of carbonyl (C=O) groups excluding carboxylic acids is 1. The molecule has 0 aromatic heterocycles. The second-order valence-electron chi connectivity index (χ2n) is 4.46. The summed E-state index contributed by atoms with van der Waals surface area (Å²) in [6, 6.07) is 5.84. The van der Waals surface area contributed by atoms with Gasteiger partial charge in [-0.15, -0.1) is 0 Å². The Labute approximate surface area is 114 Å². The summed E-state index contributed by atoms with van der Waals surface area (Å²) in [6.45, 7) is 4.32. The van der Waals surface area contributed by atoms with Crippen LogP contribution >= 0.6 is 11.6 Å². The quantitative estimate of drug-likeness (QED) is 0.826. The van der Waals surface area contributed by atoms with Gasteiger partial charge >= 0.3 is 0 Å². The molecule has 0 saturated carbocycles. The van der Waals surface area contributed by atoms with Gasteiger partial charge in [-0.3, -0.25) is 4.79 Å². The molecule has 2 N–H and O–H groups in total. The van der Waals surface area contributed by atoms with Crippen molar-refractivity contribution >= 4 is 23.2 Å². The van der Waals surface area contributed by atoms with Crippen LogP contribution in [0.4, 0.5) is 5.69 Å². The molecule has 18 heavy (non-hydrogen) atoms. The Bertz CT molecular complexity index is 407. The van der Waals surface area contributed by atoms with Gasteiger partial charge in [-0.2, -0.15) is 0 Å². The van der Waals surface area contributed by atoms with Crippen LogP contribution < -0.4 is 10.6 Å². The molecule has 0 aliphatic heterocycles. The van der Waals surface area contributed by atoms with E-state index in [1.54, 1.807) is 19.2 Å². The minimum atomic E-state index is -0.162. The van der Waals surface area contributed by atoms with Crippen LogP contribution in [0.5, 0.6) is 0 Å². The van der Waals surface area contributed by atoms with E-state index in [1.807, 2.05) is 6.07 Å². The van der Waals surface area contributed by atoms with Crippen molar-refractivity contribution in [3.63, 3.8) is 0 Å². The van der Waals surface area contributed by atoms with Crippen molar-refractivity contribution < 1.29 is 4.79 Å². The highest BCUT2D eigenvalue weighted by Gasteiger charge is 2.10. The molecule has 0 saturated heterocycles. The van der Waals surface area contributed by atoms with Crippen LogP contribution in [0.15, 0.2) is 18.2 Å². The van der Waals surface area contributed by atoms with E-state index in [2.05, 4.69) is 24.5 Å². The molecule has 1 aromatic carbocycles. The Hall–Kier alpha value is -1.22. The Morgan fingerprint density at radius 2 is 2.17 bits per heavy atom. The summed E-state index contributed by atoms with van der Waals surface area (Å²) in [6.07, 6.45) is 3.51. The van der Waals surface area contributed by atoms with E-state index in [1.165, 1.54) is 12.8 Å². The molecule has 0 bridgehead atoms. The third-order valence-corrected chi connectivity index (χ3v) is 3.17. The lowest BCUT2D eigenvalue weighted by Crippen LogP contribution is -2.19. The van der Waals surface area contributed by atoms with Gasteiger partial charge < -0.3 is 10.6 Å². The molecule has 100 valence electrons. The van der Waals surface area contributed by atoms with Gasteiger partial charge in [0, 0.05) is 18.8 Å². The third-order valence-electron chi connectivity index (χ3n) is 2.84. The first-order valence-corrected chi connectivity index (χ1v) is 6.74. The zero-order valence-corrected chi connectivity index (χ0v) is 12.0. The third kappa shape index (κ3) is 4.22. The fraction of sp³-hybridized carbons (Fsp3) is 0.500. The number of hydrogen-bond acceptors (Lipinski definition) is 2. The summed E-state index contributed by atoms with van der Waals surface area (Å²) in [5.41, 5.74) is 1.44. The van der Waals surface area contributed by atoms with Gasteiger partial charge in [0.2, 0.25) is 0 Å². The normalized spacial score (nSPS) is 12.0. The van der Waals surface area contributed by atoms with Crippen LogP contribution in [0, 0.1) is 0 Å². The van der Waals surface area contributed by atoms with Crippen molar-refractivity contribution in [3.05, 3.63) is 28.8 Å². The van der Waals surface area contributed by atoms with E-state index >= 15 is 0 Å². The zero-order chi connectivity index (χ0) is 13.5. The second kappa shape index (κ2) is 7.27. The summed E-state index contributed by atoms with van der Waals surface area (Å²) in [4.78, 5) is 11.6. The largest absolute Gasteiger partial charge is 0.383 e. The molecule has 0 radical (unpaired) electrons. The molecule has 1 atom stereocenters. The number of nitrogens with one attached hydrogen (secondary N) is 2. The SMILES string of the molecule is CCCCC(C)Nc1ccc(Cl)c(C(=O)NC)c1. The predicted octanol–water partition coefficient (Wildman–Crippen LogP) is 3.69. The number of halogens is 1. The van der Waals surface area contributed by atoms with E-state index in [0.717, 1.165) is 12.1 Å². The number of rotatable bonds is 6. The molecule has 0 aliphatic carbocycles. The van der Waals surface area contributed by atoms with Crippen molar-refractivity contribution in [1.82, 2.24) is 5.32 Å². The minimum absolute atomic E-state index is 0.162. The van der Waals surface area contributed by atoms with Gasteiger partial charge in [-0.25, -0.2) is 0 Å². The summed E-state index contributed by atoms with van der Waals surface area (Å²) >= 11 is 6.00. The average Bonchev–Trinajstić information content (AvgIpc) is 2.37. The molecule has 1 aromatic rings. The monoisotopic (exact) mass is 268 g/mol. The van der Waals surface area contributed by atoms with Crippen LogP contribution in [0.25, 0.3) is 0 Å². The van der Waals surface area contributed by atoms with Gasteiger partial charge in [0.1, 0.15) is 0 Å². The van der Waals surface area contributed by atoms with Crippen molar-refractivity contribution in [2.24, 2.45) is 0 Å². The lowest BCUT2D eigenvalue weighted by atomic mass is 10.1. The van der Waals surface area contributed by atoms with Crippen molar-refractivity contribution in [2.75, 3.05) is 12.4 Å². The smallest absolute Gasteiger partial charge is 0.252 e. The topological polar surface area (TPSA) is 41.1 Å². The maximum atomic E-state index is 11.6. The molecule has 0 aliphatic rings. The molecular formula is C14H21ClN2O. The Morgan fingerprint density at radius 1 is 1.44 bits per heavy atom. The van der Waals surface area contributed by atoms with E-state index in [0.29, 0.717) is 16.6 Å². The molecule has 1 rings (SSSR count). The van der Waals surface area contributed by atoms with Crippen LogP contribution in [0.3, 0.4) is 0 Å². The van der Waals surface area contributed by atoms with Crippen LogP contribution in [-0.2, 0) is 0 Å². The maximum Gasteiger partial charge on any atom is 0.252 e. The van der Waals surface area contributed by atoms with Crippen LogP contribution in [0.1, 0.15) is 43.5 Å². The highest BCUT2D eigenvalue weighted by atomic mass is 35.5. The van der Waals surface area contributed by atoms with Crippen molar-refractivity contribution in [3.8, 4) is 0 Å². The summed E-state index contributed by atoms with van der Waals surface area (Å²) in [7, 11) is 1.60. The summed E-state index contributed by atoms with van der Waals surface area (Å²) < 4.78 is 0. The lowest BCUT2D eigenvalue weighted by molar-refractivity contribution is 0.0963. The number of unbranched alkanes of at least 4 members (excludes halogenated alkanes) is 1. The van der Waals surface area contributed by atoms with E-state index in [-0.39, 0.29) is 5.91 Å². The van der Waals surface area contributed by atoms with E-state index < -0.39 is 0 Å². The van der Waals surface area contributed by atoms with Crippen molar-refractivity contribution in [2.45, 2.75) is 39.2 Å². The zero-order valence-electron chi connectivity index (χ0n) is 11.2. The number of amides is 1. The first-order chi connectivity index (χ1) is 8.58. The lowest BCUT2D eigenvalue weighted by Gasteiger charge is -2.16. The molecule has 0 spiro atoms. The summed E-state index contributed by atoms with van der Waals surface area (Å²) in [5, 5.41) is 6.44. The number of anilines is 1. The molecule has 1 unspecified atom stereocenters. The van der Waals surface area contributed by atoms with Crippen molar-refractivity contribution in [1.29, 1.82) is 0 Å². The Balaban J connectivity index is 2.75. The second-order valence-corrected chi connectivity index (χ2v) is 4.87. The average molecular weight is 269 g/mol. The summed E-state index contributed by atoms with van der Waals surface area (Å²) in [5.74, 6) is -0.162. The number of hydrogen-bond donors (Lipinski definition) is 2. The predicted molar refractivity (Wildman–Crippen MR) is 77.5 cm³/mol. The van der Waals surface area contributed by atoms with Gasteiger partial charge in [0.05, 0.1) is 10.6 Å². The van der Waals surface area contributed by atoms with Crippen LogP contribution in [0.2, 0.25) is 5.02 Å². The fourth-order valence-electron chi connectivity index (χ4n) is 1.79. The molecule has 0 fully saturated rings. The minimum Gasteiger partial charge on any atom is -0.383 e. The Morgan fingerprint density at radius 3 is 2.78 bits per heavy atom. The van der Waals surface area contributed by atoms with E-state index in [9.17, 15) is 4.79 Å². The fourth-order valence-corrected chi connectivity index (χ4v) is 1.99. The van der Waals surface area contributed by atoms with Gasteiger partial charge in [-0.05, 0) is 31.5 Å². The molecule has 3 nitrogen and oxygen atoms in total. The number of carbonyl (C=O) groups is 1. The molecular weight excluding hydrogens is 248 g/mol. The van der Waals surface area contributed by atoms with Gasteiger partial charge in [-0.1, -0.05) is 31.4 Å². The molecule has 0 heterocycles. The Kier molecular flexibility index (Phi) is 5.99. The van der Waals surface area contributed by atoms with E-state index in [4.69, 9.17) is 11.6 Å². The van der Waals surface area contributed by atoms with Gasteiger partial charge in [0.15, 0.2) is 0 Å². The highest BCUT2D eigenvalue weighted by molar-refractivity contribution is 6.34. The molecule has 4 heteroatoms. The first-order valence-electron chi connectivity index (χ1n) is 6.36. The number of benzene rings is 1. The standard InChI is InChI=1S/C14H21ClN2O/c1-4-5-6-10(2)17-11-7-8-13(15)12(9-11)14(18)16-3/h7-10,17H,4-6H2,1-3H3,(H,16,18). The highest BCUT2D eigenvalue weighted by Crippen LogP contribution is 2.21. The first kappa shape index (κ1) is 14.8. The van der Waals surface area contributed by atoms with Crippen LogP contribution in [-0.4, -0.2) is 19.0 Å². The molecule has 1 amide bonds.